The number of aromatic nitrogens is 2. The second-order valence-corrected chi connectivity index (χ2v) is 4.45. The average molecular weight is 193 g/mol. The Morgan fingerprint density at radius 3 is 2.86 bits per heavy atom. The highest BCUT2D eigenvalue weighted by molar-refractivity contribution is 5.00. The van der Waals surface area contributed by atoms with Crippen molar-refractivity contribution in [3.63, 3.8) is 0 Å². The Hall–Kier alpha value is -0.830. The van der Waals surface area contributed by atoms with Gasteiger partial charge in [0, 0.05) is 25.0 Å². The molecule has 1 heterocycles. The molecule has 78 valence electrons. The van der Waals surface area contributed by atoms with Gasteiger partial charge in [0.1, 0.15) is 5.82 Å². The van der Waals surface area contributed by atoms with Gasteiger partial charge in [-0.1, -0.05) is 6.92 Å². The van der Waals surface area contributed by atoms with Gasteiger partial charge < -0.3 is 10.3 Å². The fourth-order valence-electron chi connectivity index (χ4n) is 1.86. The molecule has 0 aliphatic heterocycles. The van der Waals surface area contributed by atoms with Gasteiger partial charge in [0.15, 0.2) is 0 Å². The summed E-state index contributed by atoms with van der Waals surface area (Å²) in [5.74, 6) is 0.999. The summed E-state index contributed by atoms with van der Waals surface area (Å²) in [6.45, 7) is 6.34. The van der Waals surface area contributed by atoms with Crippen LogP contribution in [-0.4, -0.2) is 16.5 Å². The van der Waals surface area contributed by atoms with Gasteiger partial charge in [-0.15, -0.1) is 0 Å². The van der Waals surface area contributed by atoms with Crippen molar-refractivity contribution >= 4 is 0 Å². The van der Waals surface area contributed by atoms with Crippen LogP contribution in [0.5, 0.6) is 0 Å². The molecule has 0 atom stereocenters. The summed E-state index contributed by atoms with van der Waals surface area (Å²) >= 11 is 0. The van der Waals surface area contributed by atoms with Gasteiger partial charge >= 0.3 is 0 Å². The number of nitrogens with one attached hydrogen (secondary N) is 2. The number of aromatic amines is 1. The number of imidazole rings is 1. The predicted molar refractivity (Wildman–Crippen MR) is 57.0 cm³/mol. The molecule has 2 rings (SSSR count). The van der Waals surface area contributed by atoms with E-state index in [0.29, 0.717) is 5.41 Å². The molecule has 0 saturated heterocycles. The zero-order chi connectivity index (χ0) is 10.0. The largest absolute Gasteiger partial charge is 0.345 e. The normalized spacial score (nSPS) is 18.4. The number of hydrogen-bond acceptors (Lipinski definition) is 2. The summed E-state index contributed by atoms with van der Waals surface area (Å²) in [5, 5.41) is 3.50. The van der Waals surface area contributed by atoms with Gasteiger partial charge in [0.25, 0.3) is 0 Å². The van der Waals surface area contributed by atoms with Gasteiger partial charge in [-0.05, 0) is 31.6 Å². The summed E-state index contributed by atoms with van der Waals surface area (Å²) in [6.07, 6.45) is 6.02. The van der Waals surface area contributed by atoms with Crippen molar-refractivity contribution in [2.24, 2.45) is 5.41 Å². The fourth-order valence-corrected chi connectivity index (χ4v) is 1.86. The first-order valence-corrected chi connectivity index (χ1v) is 5.45. The summed E-state index contributed by atoms with van der Waals surface area (Å²) in [5.41, 5.74) is 1.82. The summed E-state index contributed by atoms with van der Waals surface area (Å²) in [7, 11) is 0. The van der Waals surface area contributed by atoms with E-state index in [1.54, 1.807) is 0 Å². The molecular formula is C11H19N3. The van der Waals surface area contributed by atoms with Crippen LogP contribution in [0.3, 0.4) is 0 Å². The van der Waals surface area contributed by atoms with E-state index < -0.39 is 0 Å². The van der Waals surface area contributed by atoms with E-state index in [9.17, 15) is 0 Å². The molecule has 1 aliphatic rings. The van der Waals surface area contributed by atoms with E-state index in [4.69, 9.17) is 0 Å². The first kappa shape index (κ1) is 9.71. The molecule has 0 bridgehead atoms. The second-order valence-electron chi connectivity index (χ2n) is 4.45. The quantitative estimate of drug-likeness (QED) is 0.751. The number of aryl methyl sites for hydroxylation is 1. The first-order valence-electron chi connectivity index (χ1n) is 5.45. The van der Waals surface area contributed by atoms with Crippen LogP contribution in [0, 0.1) is 12.3 Å². The van der Waals surface area contributed by atoms with Crippen LogP contribution >= 0.6 is 0 Å². The molecule has 1 aromatic heterocycles. The average Bonchev–Trinajstić information content (AvgIpc) is 2.84. The highest BCUT2D eigenvalue weighted by atomic mass is 15.0. The monoisotopic (exact) mass is 193 g/mol. The number of nitrogens with zero attached hydrogens (tertiary/aromatic N) is 1. The Balaban J connectivity index is 1.73. The Bertz CT molecular complexity index is 299. The lowest BCUT2D eigenvalue weighted by Gasteiger charge is -2.12. The maximum Gasteiger partial charge on any atom is 0.103 e. The van der Waals surface area contributed by atoms with Crippen LogP contribution in [0.1, 0.15) is 37.7 Å². The third kappa shape index (κ3) is 2.15. The Morgan fingerprint density at radius 2 is 2.36 bits per heavy atom. The van der Waals surface area contributed by atoms with Crippen LogP contribution in [-0.2, 0) is 6.54 Å². The summed E-state index contributed by atoms with van der Waals surface area (Å²) < 4.78 is 0. The SMILES string of the molecule is CCC1(CNCc2cnc(C)[nH]2)CC1. The lowest BCUT2D eigenvalue weighted by Crippen LogP contribution is -2.23. The topological polar surface area (TPSA) is 40.7 Å². The number of H-pyrrole nitrogens is 1. The minimum atomic E-state index is 0.634. The third-order valence-electron chi connectivity index (χ3n) is 3.28. The van der Waals surface area contributed by atoms with Crippen molar-refractivity contribution in [1.82, 2.24) is 15.3 Å². The van der Waals surface area contributed by atoms with Gasteiger partial charge in [-0.25, -0.2) is 4.98 Å². The van der Waals surface area contributed by atoms with E-state index in [1.807, 2.05) is 13.1 Å². The van der Waals surface area contributed by atoms with Crippen molar-refractivity contribution in [3.8, 4) is 0 Å². The van der Waals surface area contributed by atoms with Crippen LogP contribution in [0.15, 0.2) is 6.20 Å². The molecule has 14 heavy (non-hydrogen) atoms. The lowest BCUT2D eigenvalue weighted by atomic mass is 10.0. The molecule has 0 radical (unpaired) electrons. The molecular weight excluding hydrogens is 174 g/mol. The highest BCUT2D eigenvalue weighted by Gasteiger charge is 2.39. The minimum absolute atomic E-state index is 0.634. The van der Waals surface area contributed by atoms with Crippen LogP contribution in [0.2, 0.25) is 0 Å². The zero-order valence-corrected chi connectivity index (χ0v) is 9.06. The van der Waals surface area contributed by atoms with Gasteiger partial charge in [0.05, 0.1) is 0 Å². The van der Waals surface area contributed by atoms with E-state index >= 15 is 0 Å². The maximum absolute atomic E-state index is 4.17. The molecule has 2 N–H and O–H groups in total. The Kier molecular flexibility index (Phi) is 2.59. The number of rotatable bonds is 5. The summed E-state index contributed by atoms with van der Waals surface area (Å²) in [4.78, 5) is 7.40. The van der Waals surface area contributed by atoms with E-state index in [0.717, 1.165) is 18.9 Å². The highest BCUT2D eigenvalue weighted by Crippen LogP contribution is 2.47. The molecule has 3 heteroatoms. The Labute approximate surface area is 85.3 Å². The molecule has 0 spiro atoms. The summed E-state index contributed by atoms with van der Waals surface area (Å²) in [6, 6.07) is 0. The molecule has 1 aromatic rings. The van der Waals surface area contributed by atoms with Gasteiger partial charge in [-0.2, -0.15) is 0 Å². The lowest BCUT2D eigenvalue weighted by molar-refractivity contribution is 0.442. The molecule has 1 aliphatic carbocycles. The van der Waals surface area contributed by atoms with Gasteiger partial charge in [0.2, 0.25) is 0 Å². The van der Waals surface area contributed by atoms with E-state index in [-0.39, 0.29) is 0 Å². The predicted octanol–water partition coefficient (Wildman–Crippen LogP) is 2.00. The molecule has 1 fully saturated rings. The van der Waals surface area contributed by atoms with E-state index in [2.05, 4.69) is 22.2 Å². The molecule has 0 unspecified atom stereocenters. The van der Waals surface area contributed by atoms with Crippen molar-refractivity contribution in [2.75, 3.05) is 6.54 Å². The molecule has 1 saturated carbocycles. The van der Waals surface area contributed by atoms with Crippen LogP contribution in [0.25, 0.3) is 0 Å². The van der Waals surface area contributed by atoms with Crippen LogP contribution < -0.4 is 5.32 Å². The fraction of sp³-hybridized carbons (Fsp3) is 0.727. The van der Waals surface area contributed by atoms with Crippen molar-refractivity contribution in [3.05, 3.63) is 17.7 Å². The first-order chi connectivity index (χ1) is 6.74. The number of hydrogen-bond donors (Lipinski definition) is 2. The second kappa shape index (κ2) is 3.73. The molecule has 0 amide bonds. The van der Waals surface area contributed by atoms with E-state index in [1.165, 1.54) is 25.0 Å². The smallest absolute Gasteiger partial charge is 0.103 e. The molecule has 0 aromatic carbocycles. The third-order valence-corrected chi connectivity index (χ3v) is 3.28. The van der Waals surface area contributed by atoms with Crippen molar-refractivity contribution in [2.45, 2.75) is 39.7 Å². The minimum Gasteiger partial charge on any atom is -0.345 e. The van der Waals surface area contributed by atoms with Gasteiger partial charge in [-0.3, -0.25) is 0 Å². The van der Waals surface area contributed by atoms with Crippen molar-refractivity contribution in [1.29, 1.82) is 0 Å². The zero-order valence-electron chi connectivity index (χ0n) is 9.06. The Morgan fingerprint density at radius 1 is 1.57 bits per heavy atom. The standard InChI is InChI=1S/C11H19N3/c1-3-11(4-5-11)8-12-6-10-7-13-9(2)14-10/h7,12H,3-6,8H2,1-2H3,(H,13,14). The van der Waals surface area contributed by atoms with Crippen LogP contribution in [0.4, 0.5) is 0 Å². The molecule has 3 nitrogen and oxygen atoms in total. The maximum atomic E-state index is 4.17. The van der Waals surface area contributed by atoms with Crippen molar-refractivity contribution < 1.29 is 0 Å².